The fraction of sp³-hybridized carbons (Fsp3) is 0.417. The molecule has 3 rings (SSSR count). The molecular weight excluding hydrogens is 444 g/mol. The molecule has 0 saturated carbocycles. The summed E-state index contributed by atoms with van der Waals surface area (Å²) in [5, 5.41) is 2.56. The molecule has 1 aliphatic rings. The lowest BCUT2D eigenvalue weighted by Gasteiger charge is -2.20. The third-order valence-electron chi connectivity index (χ3n) is 5.40. The number of furan rings is 1. The van der Waals surface area contributed by atoms with Crippen LogP contribution in [0.5, 0.6) is 5.75 Å². The molecule has 10 heteroatoms. The van der Waals surface area contributed by atoms with Gasteiger partial charge in [0.15, 0.2) is 0 Å². The van der Waals surface area contributed by atoms with Crippen molar-refractivity contribution in [1.29, 1.82) is 0 Å². The van der Waals surface area contributed by atoms with Crippen molar-refractivity contribution in [2.24, 2.45) is 5.92 Å². The molecule has 2 heterocycles. The van der Waals surface area contributed by atoms with E-state index in [2.05, 4.69) is 5.32 Å². The summed E-state index contributed by atoms with van der Waals surface area (Å²) >= 11 is 0. The Labute approximate surface area is 197 Å². The SMILES string of the molecule is CCOC(=O)c1c(C)oc(NC(=O)C2CC(=O)N(c3cc(C)ccc3OC)C2)c1C(=O)OCC. The van der Waals surface area contributed by atoms with Crippen LogP contribution in [0.1, 0.15) is 52.3 Å². The lowest BCUT2D eigenvalue weighted by Crippen LogP contribution is -2.29. The van der Waals surface area contributed by atoms with Crippen molar-refractivity contribution in [1.82, 2.24) is 0 Å². The van der Waals surface area contributed by atoms with E-state index in [4.69, 9.17) is 18.6 Å². The van der Waals surface area contributed by atoms with Crippen molar-refractivity contribution in [2.45, 2.75) is 34.1 Å². The molecule has 1 unspecified atom stereocenters. The van der Waals surface area contributed by atoms with Gasteiger partial charge >= 0.3 is 11.9 Å². The van der Waals surface area contributed by atoms with E-state index in [1.165, 1.54) is 18.9 Å². The topological polar surface area (TPSA) is 124 Å². The number of ether oxygens (including phenoxy) is 3. The van der Waals surface area contributed by atoms with E-state index in [0.29, 0.717) is 11.4 Å². The number of amides is 2. The highest BCUT2D eigenvalue weighted by molar-refractivity contribution is 6.10. The highest BCUT2D eigenvalue weighted by atomic mass is 16.5. The third-order valence-corrected chi connectivity index (χ3v) is 5.40. The van der Waals surface area contributed by atoms with Gasteiger partial charge in [-0.3, -0.25) is 14.9 Å². The fourth-order valence-corrected chi connectivity index (χ4v) is 3.82. The summed E-state index contributed by atoms with van der Waals surface area (Å²) < 4.78 is 21.0. The van der Waals surface area contributed by atoms with E-state index in [-0.39, 0.29) is 54.9 Å². The number of nitrogens with zero attached hydrogens (tertiary/aromatic N) is 1. The fourth-order valence-electron chi connectivity index (χ4n) is 3.82. The number of anilines is 2. The first-order valence-corrected chi connectivity index (χ1v) is 10.9. The number of carbonyl (C=O) groups is 4. The molecule has 34 heavy (non-hydrogen) atoms. The molecular formula is C24H28N2O8. The molecule has 2 aromatic rings. The molecule has 0 spiro atoms. The molecule has 1 aromatic heterocycles. The predicted octanol–water partition coefficient (Wildman–Crippen LogP) is 3.25. The standard InChI is InChI=1S/C24H28N2O8/c1-6-32-23(29)19-14(4)34-22(20(19)24(30)33-7-2)25-21(28)15-11-18(27)26(12-15)16-10-13(3)8-9-17(16)31-5/h8-10,15H,6-7,11-12H2,1-5H3,(H,25,28). The molecule has 1 aromatic carbocycles. The van der Waals surface area contributed by atoms with Crippen molar-refractivity contribution in [3.8, 4) is 5.75 Å². The Balaban J connectivity index is 1.87. The van der Waals surface area contributed by atoms with Gasteiger partial charge in [-0.1, -0.05) is 6.07 Å². The van der Waals surface area contributed by atoms with Crippen LogP contribution in [0.3, 0.4) is 0 Å². The second kappa shape index (κ2) is 10.4. The third kappa shape index (κ3) is 4.90. The van der Waals surface area contributed by atoms with E-state index in [0.717, 1.165) is 5.56 Å². The minimum absolute atomic E-state index is 0.0396. The van der Waals surface area contributed by atoms with Gasteiger partial charge in [-0.05, 0) is 45.4 Å². The Morgan fingerprint density at radius 1 is 1.09 bits per heavy atom. The summed E-state index contributed by atoms with van der Waals surface area (Å²) in [6, 6.07) is 5.45. The first kappa shape index (κ1) is 24.8. The summed E-state index contributed by atoms with van der Waals surface area (Å²) in [6.07, 6.45) is -0.0396. The number of hydrogen-bond acceptors (Lipinski definition) is 8. The average molecular weight is 472 g/mol. The van der Waals surface area contributed by atoms with Gasteiger partial charge in [0.1, 0.15) is 22.6 Å². The largest absolute Gasteiger partial charge is 0.495 e. The zero-order valence-corrected chi connectivity index (χ0v) is 19.9. The Hall–Kier alpha value is -3.82. The molecule has 2 amide bonds. The molecule has 0 radical (unpaired) electrons. The lowest BCUT2D eigenvalue weighted by atomic mass is 10.1. The van der Waals surface area contributed by atoms with E-state index in [9.17, 15) is 19.2 Å². The molecule has 0 bridgehead atoms. The Morgan fingerprint density at radius 3 is 2.35 bits per heavy atom. The number of nitrogens with one attached hydrogen (secondary N) is 1. The zero-order chi connectivity index (χ0) is 25.0. The van der Waals surface area contributed by atoms with E-state index >= 15 is 0 Å². The number of carbonyl (C=O) groups excluding carboxylic acids is 4. The summed E-state index contributed by atoms with van der Waals surface area (Å²) in [4.78, 5) is 52.3. The average Bonchev–Trinajstić information content (AvgIpc) is 3.33. The van der Waals surface area contributed by atoms with Gasteiger partial charge in [0, 0.05) is 13.0 Å². The van der Waals surface area contributed by atoms with Crippen LogP contribution in [-0.4, -0.2) is 50.6 Å². The normalized spacial score (nSPS) is 15.3. The van der Waals surface area contributed by atoms with Crippen LogP contribution in [-0.2, 0) is 19.1 Å². The van der Waals surface area contributed by atoms with Crippen molar-refractivity contribution >= 4 is 35.3 Å². The molecule has 1 N–H and O–H groups in total. The highest BCUT2D eigenvalue weighted by Gasteiger charge is 2.38. The van der Waals surface area contributed by atoms with Crippen LogP contribution in [0, 0.1) is 19.8 Å². The number of esters is 2. The number of aryl methyl sites for hydroxylation is 2. The van der Waals surface area contributed by atoms with Crippen molar-refractivity contribution in [3.05, 3.63) is 40.6 Å². The Bertz CT molecular complexity index is 1120. The molecule has 1 fully saturated rings. The lowest BCUT2D eigenvalue weighted by molar-refractivity contribution is -0.122. The van der Waals surface area contributed by atoms with Crippen molar-refractivity contribution in [3.63, 3.8) is 0 Å². The smallest absolute Gasteiger partial charge is 0.344 e. The van der Waals surface area contributed by atoms with E-state index in [1.807, 2.05) is 19.1 Å². The van der Waals surface area contributed by atoms with Crippen molar-refractivity contribution < 1.29 is 37.8 Å². The van der Waals surface area contributed by atoms with Gasteiger partial charge in [-0.2, -0.15) is 0 Å². The van der Waals surface area contributed by atoms with Gasteiger partial charge in [0.05, 0.1) is 31.9 Å². The first-order valence-electron chi connectivity index (χ1n) is 10.9. The number of benzene rings is 1. The number of methoxy groups -OCH3 is 1. The molecule has 182 valence electrons. The maximum atomic E-state index is 13.1. The predicted molar refractivity (Wildman–Crippen MR) is 122 cm³/mol. The van der Waals surface area contributed by atoms with Gasteiger partial charge in [-0.25, -0.2) is 9.59 Å². The maximum Gasteiger partial charge on any atom is 0.344 e. The summed E-state index contributed by atoms with van der Waals surface area (Å²) in [5.41, 5.74) is 1.19. The highest BCUT2D eigenvalue weighted by Crippen LogP contribution is 2.35. The van der Waals surface area contributed by atoms with E-state index in [1.54, 1.807) is 19.9 Å². The maximum absolute atomic E-state index is 13.1. The first-order chi connectivity index (χ1) is 16.2. The van der Waals surface area contributed by atoms with Gasteiger partial charge < -0.3 is 23.5 Å². The Kier molecular flexibility index (Phi) is 7.60. The Morgan fingerprint density at radius 2 is 1.74 bits per heavy atom. The molecule has 1 aliphatic heterocycles. The molecule has 1 atom stereocenters. The molecule has 1 saturated heterocycles. The van der Waals surface area contributed by atoms with Gasteiger partial charge in [-0.15, -0.1) is 0 Å². The second-order valence-corrected chi connectivity index (χ2v) is 7.75. The molecule has 0 aliphatic carbocycles. The summed E-state index contributed by atoms with van der Waals surface area (Å²) in [6.45, 7) is 6.89. The van der Waals surface area contributed by atoms with Crippen molar-refractivity contribution in [2.75, 3.05) is 37.1 Å². The minimum Gasteiger partial charge on any atom is -0.495 e. The summed E-state index contributed by atoms with van der Waals surface area (Å²) in [5.74, 6) is -2.68. The molecule has 10 nitrogen and oxygen atoms in total. The van der Waals surface area contributed by atoms with Crippen LogP contribution < -0.4 is 15.0 Å². The zero-order valence-electron chi connectivity index (χ0n) is 19.9. The quantitative estimate of drug-likeness (QED) is 0.581. The van der Waals surface area contributed by atoms with Crippen LogP contribution >= 0.6 is 0 Å². The number of hydrogen-bond donors (Lipinski definition) is 1. The number of rotatable bonds is 8. The van der Waals surface area contributed by atoms with Crippen LogP contribution in [0.25, 0.3) is 0 Å². The monoisotopic (exact) mass is 472 g/mol. The summed E-state index contributed by atoms with van der Waals surface area (Å²) in [7, 11) is 1.51. The van der Waals surface area contributed by atoms with Crippen LogP contribution in [0.4, 0.5) is 11.6 Å². The minimum atomic E-state index is -0.827. The van der Waals surface area contributed by atoms with Crippen LogP contribution in [0.15, 0.2) is 22.6 Å². The van der Waals surface area contributed by atoms with Gasteiger partial charge in [0.2, 0.25) is 17.7 Å². The second-order valence-electron chi connectivity index (χ2n) is 7.75. The van der Waals surface area contributed by atoms with Gasteiger partial charge in [0.25, 0.3) is 0 Å². The van der Waals surface area contributed by atoms with Crippen LogP contribution in [0.2, 0.25) is 0 Å². The van der Waals surface area contributed by atoms with E-state index < -0.39 is 23.8 Å².